The van der Waals surface area contributed by atoms with Gasteiger partial charge in [-0.1, -0.05) is 42.5 Å². The minimum Gasteiger partial charge on any atom is -0.207 e. The zero-order valence-electron chi connectivity index (χ0n) is 9.52. The molecule has 0 radical (unpaired) electrons. The largest absolute Gasteiger partial charge is 0.207 e. The van der Waals surface area contributed by atoms with E-state index in [-0.39, 0.29) is 5.82 Å². The first-order valence-electron chi connectivity index (χ1n) is 5.47. The zero-order valence-corrected chi connectivity index (χ0v) is 9.52. The van der Waals surface area contributed by atoms with E-state index in [1.807, 2.05) is 36.4 Å². The molecular formula is C15H12FN. The van der Waals surface area contributed by atoms with Crippen LogP contribution in [0.2, 0.25) is 0 Å². The van der Waals surface area contributed by atoms with Gasteiger partial charge >= 0.3 is 0 Å². The minimum atomic E-state index is -0.452. The standard InChI is InChI=1S/C15H12FN/c1-11(10-17)15-13(8-5-9-14(15)16)12-6-3-2-4-7-12/h2-9,11H,1H3. The number of benzene rings is 2. The summed E-state index contributed by atoms with van der Waals surface area (Å²) < 4.78 is 13.8. The zero-order chi connectivity index (χ0) is 12.3. The number of nitriles is 1. The van der Waals surface area contributed by atoms with Crippen LogP contribution in [0.1, 0.15) is 18.4 Å². The molecule has 0 saturated carbocycles. The van der Waals surface area contributed by atoms with Crippen molar-refractivity contribution >= 4 is 0 Å². The SMILES string of the molecule is CC(C#N)c1c(F)cccc1-c1ccccc1. The summed E-state index contributed by atoms with van der Waals surface area (Å²) in [5.41, 5.74) is 2.20. The van der Waals surface area contributed by atoms with Crippen molar-refractivity contribution in [2.24, 2.45) is 0 Å². The number of hydrogen-bond donors (Lipinski definition) is 0. The molecule has 0 N–H and O–H groups in total. The monoisotopic (exact) mass is 225 g/mol. The third-order valence-corrected chi connectivity index (χ3v) is 2.76. The molecule has 0 heterocycles. The molecule has 2 heteroatoms. The van der Waals surface area contributed by atoms with Gasteiger partial charge in [-0.2, -0.15) is 5.26 Å². The summed E-state index contributed by atoms with van der Waals surface area (Å²) in [4.78, 5) is 0. The van der Waals surface area contributed by atoms with Crippen LogP contribution >= 0.6 is 0 Å². The highest BCUT2D eigenvalue weighted by Crippen LogP contribution is 2.30. The van der Waals surface area contributed by atoms with E-state index < -0.39 is 5.92 Å². The number of halogens is 1. The second-order valence-corrected chi connectivity index (χ2v) is 3.92. The highest BCUT2D eigenvalue weighted by Gasteiger charge is 2.15. The highest BCUT2D eigenvalue weighted by atomic mass is 19.1. The maximum atomic E-state index is 13.8. The van der Waals surface area contributed by atoms with E-state index in [0.717, 1.165) is 11.1 Å². The summed E-state index contributed by atoms with van der Waals surface area (Å²) in [6.07, 6.45) is 0. The van der Waals surface area contributed by atoms with E-state index >= 15 is 0 Å². The molecule has 0 aliphatic carbocycles. The van der Waals surface area contributed by atoms with Crippen molar-refractivity contribution in [1.29, 1.82) is 5.26 Å². The maximum Gasteiger partial charge on any atom is 0.128 e. The van der Waals surface area contributed by atoms with Crippen molar-refractivity contribution in [3.05, 3.63) is 59.9 Å². The highest BCUT2D eigenvalue weighted by molar-refractivity contribution is 5.68. The van der Waals surface area contributed by atoms with Crippen LogP contribution in [0, 0.1) is 17.1 Å². The molecule has 17 heavy (non-hydrogen) atoms. The van der Waals surface area contributed by atoms with Gasteiger partial charge in [-0.3, -0.25) is 0 Å². The average molecular weight is 225 g/mol. The fourth-order valence-corrected chi connectivity index (χ4v) is 1.91. The lowest BCUT2D eigenvalue weighted by Crippen LogP contribution is -1.98. The first kappa shape index (κ1) is 11.3. The molecule has 2 aromatic rings. The van der Waals surface area contributed by atoms with Gasteiger partial charge in [-0.25, -0.2) is 4.39 Å². The number of rotatable bonds is 2. The van der Waals surface area contributed by atoms with Crippen LogP contribution in [-0.2, 0) is 0 Å². The Morgan fingerprint density at radius 1 is 1.06 bits per heavy atom. The Balaban J connectivity index is 2.63. The molecule has 2 rings (SSSR count). The predicted molar refractivity (Wildman–Crippen MR) is 65.9 cm³/mol. The van der Waals surface area contributed by atoms with Gasteiger partial charge in [-0.05, 0) is 24.1 Å². The van der Waals surface area contributed by atoms with Crippen LogP contribution in [0.25, 0.3) is 11.1 Å². The van der Waals surface area contributed by atoms with Gasteiger partial charge in [0, 0.05) is 5.56 Å². The van der Waals surface area contributed by atoms with Crippen LogP contribution in [0.5, 0.6) is 0 Å². The van der Waals surface area contributed by atoms with Gasteiger partial charge in [0.2, 0.25) is 0 Å². The molecule has 0 spiro atoms. The fourth-order valence-electron chi connectivity index (χ4n) is 1.91. The van der Waals surface area contributed by atoms with Crippen molar-refractivity contribution in [2.75, 3.05) is 0 Å². The van der Waals surface area contributed by atoms with Crippen LogP contribution < -0.4 is 0 Å². The summed E-state index contributed by atoms with van der Waals surface area (Å²) >= 11 is 0. The Morgan fingerprint density at radius 3 is 2.41 bits per heavy atom. The van der Waals surface area contributed by atoms with Crippen molar-refractivity contribution in [3.8, 4) is 17.2 Å². The van der Waals surface area contributed by atoms with Gasteiger partial charge in [0.15, 0.2) is 0 Å². The second-order valence-electron chi connectivity index (χ2n) is 3.92. The van der Waals surface area contributed by atoms with E-state index in [9.17, 15) is 4.39 Å². The van der Waals surface area contributed by atoms with Crippen molar-refractivity contribution < 1.29 is 4.39 Å². The smallest absolute Gasteiger partial charge is 0.128 e. The molecule has 1 nitrogen and oxygen atoms in total. The Labute approximate surface area is 100 Å². The molecule has 0 saturated heterocycles. The second kappa shape index (κ2) is 4.80. The third-order valence-electron chi connectivity index (χ3n) is 2.76. The molecule has 0 bridgehead atoms. The summed E-state index contributed by atoms with van der Waals surface area (Å²) in [5, 5.41) is 8.97. The minimum absolute atomic E-state index is 0.319. The molecule has 1 atom stereocenters. The normalized spacial score (nSPS) is 11.8. The molecular weight excluding hydrogens is 213 g/mol. The van der Waals surface area contributed by atoms with Gasteiger partial charge < -0.3 is 0 Å². The van der Waals surface area contributed by atoms with Gasteiger partial charge in [0.1, 0.15) is 5.82 Å². The predicted octanol–water partition coefficient (Wildman–Crippen LogP) is 4.12. The summed E-state index contributed by atoms with van der Waals surface area (Å²) in [7, 11) is 0. The van der Waals surface area contributed by atoms with Crippen molar-refractivity contribution in [3.63, 3.8) is 0 Å². The Morgan fingerprint density at radius 2 is 1.76 bits per heavy atom. The van der Waals surface area contributed by atoms with Crippen LogP contribution in [0.15, 0.2) is 48.5 Å². The van der Waals surface area contributed by atoms with Crippen LogP contribution in [0.4, 0.5) is 4.39 Å². The summed E-state index contributed by atoms with van der Waals surface area (Å²) in [5.74, 6) is -0.771. The topological polar surface area (TPSA) is 23.8 Å². The maximum absolute atomic E-state index is 13.8. The molecule has 0 aliphatic heterocycles. The van der Waals surface area contributed by atoms with Crippen LogP contribution in [0.3, 0.4) is 0 Å². The summed E-state index contributed by atoms with van der Waals surface area (Å²) in [6, 6.07) is 16.6. The first-order chi connectivity index (χ1) is 8.24. The van der Waals surface area contributed by atoms with E-state index in [4.69, 9.17) is 5.26 Å². The van der Waals surface area contributed by atoms with E-state index in [1.165, 1.54) is 6.07 Å². The Kier molecular flexibility index (Phi) is 3.20. The Bertz CT molecular complexity index is 555. The number of hydrogen-bond acceptors (Lipinski definition) is 1. The lowest BCUT2D eigenvalue weighted by Gasteiger charge is -2.12. The lowest BCUT2D eigenvalue weighted by atomic mass is 9.92. The van der Waals surface area contributed by atoms with Crippen molar-refractivity contribution in [2.45, 2.75) is 12.8 Å². The molecule has 1 unspecified atom stereocenters. The number of nitrogens with zero attached hydrogens (tertiary/aromatic N) is 1. The van der Waals surface area contributed by atoms with Crippen LogP contribution in [-0.4, -0.2) is 0 Å². The van der Waals surface area contributed by atoms with E-state index in [0.29, 0.717) is 5.56 Å². The molecule has 2 aromatic carbocycles. The van der Waals surface area contributed by atoms with Gasteiger partial charge in [0.05, 0.1) is 12.0 Å². The fraction of sp³-hybridized carbons (Fsp3) is 0.133. The quantitative estimate of drug-likeness (QED) is 0.754. The van der Waals surface area contributed by atoms with Crippen molar-refractivity contribution in [1.82, 2.24) is 0 Å². The lowest BCUT2D eigenvalue weighted by molar-refractivity contribution is 0.607. The van der Waals surface area contributed by atoms with Gasteiger partial charge in [0.25, 0.3) is 0 Å². The third kappa shape index (κ3) is 2.19. The van der Waals surface area contributed by atoms with Gasteiger partial charge in [-0.15, -0.1) is 0 Å². The molecule has 0 fully saturated rings. The molecule has 84 valence electrons. The Hall–Kier alpha value is -2.14. The molecule has 0 aliphatic rings. The summed E-state index contributed by atoms with van der Waals surface area (Å²) in [6.45, 7) is 1.71. The molecule has 0 aromatic heterocycles. The van der Waals surface area contributed by atoms with E-state index in [1.54, 1.807) is 13.0 Å². The molecule has 0 amide bonds. The van der Waals surface area contributed by atoms with E-state index in [2.05, 4.69) is 6.07 Å². The average Bonchev–Trinajstić information content (AvgIpc) is 2.38. The first-order valence-corrected chi connectivity index (χ1v) is 5.47.